The molecule has 1 aromatic rings. The van der Waals surface area contributed by atoms with Crippen LogP contribution in [0.5, 0.6) is 5.75 Å². The van der Waals surface area contributed by atoms with Gasteiger partial charge in [0.1, 0.15) is 5.75 Å². The molecule has 1 N–H and O–H groups in total. The van der Waals surface area contributed by atoms with Crippen molar-refractivity contribution in [1.82, 2.24) is 0 Å². The topological polar surface area (TPSA) is 46.5 Å². The van der Waals surface area contributed by atoms with E-state index in [1.807, 2.05) is 19.1 Å². The molecule has 1 rings (SSSR count). The van der Waals surface area contributed by atoms with Gasteiger partial charge < -0.3 is 9.84 Å². The predicted molar refractivity (Wildman–Crippen MR) is 76.8 cm³/mol. The third-order valence-electron chi connectivity index (χ3n) is 3.40. The van der Waals surface area contributed by atoms with Crippen molar-refractivity contribution in [1.29, 1.82) is 0 Å². The van der Waals surface area contributed by atoms with Gasteiger partial charge in [0.15, 0.2) is 0 Å². The Labute approximate surface area is 115 Å². The lowest BCUT2D eigenvalue weighted by atomic mass is 9.84. The first-order valence-corrected chi connectivity index (χ1v) is 6.69. The fourth-order valence-electron chi connectivity index (χ4n) is 2.16. The van der Waals surface area contributed by atoms with Crippen LogP contribution in [0.3, 0.4) is 0 Å². The SMILES string of the molecule is CCC(Cc1ccc(OC)c(C(C)(C)C)c1)C(=O)O. The summed E-state index contributed by atoms with van der Waals surface area (Å²) in [6, 6.07) is 5.97. The first-order chi connectivity index (χ1) is 8.79. The van der Waals surface area contributed by atoms with Gasteiger partial charge in [0.2, 0.25) is 0 Å². The monoisotopic (exact) mass is 264 g/mol. The Morgan fingerprint density at radius 3 is 2.42 bits per heavy atom. The van der Waals surface area contributed by atoms with Crippen molar-refractivity contribution in [3.63, 3.8) is 0 Å². The minimum Gasteiger partial charge on any atom is -0.496 e. The molecule has 0 fully saturated rings. The van der Waals surface area contributed by atoms with Gasteiger partial charge in [-0.2, -0.15) is 0 Å². The van der Waals surface area contributed by atoms with E-state index >= 15 is 0 Å². The minimum atomic E-state index is -0.726. The third-order valence-corrected chi connectivity index (χ3v) is 3.40. The molecule has 0 aliphatic rings. The molecule has 106 valence electrons. The van der Waals surface area contributed by atoms with Gasteiger partial charge in [-0.25, -0.2) is 0 Å². The summed E-state index contributed by atoms with van der Waals surface area (Å²) >= 11 is 0. The molecule has 3 nitrogen and oxygen atoms in total. The van der Waals surface area contributed by atoms with Crippen LogP contribution >= 0.6 is 0 Å². The van der Waals surface area contributed by atoms with Crippen LogP contribution in [0.2, 0.25) is 0 Å². The maximum absolute atomic E-state index is 11.1. The maximum atomic E-state index is 11.1. The number of ether oxygens (including phenoxy) is 1. The zero-order valence-corrected chi connectivity index (χ0v) is 12.5. The van der Waals surface area contributed by atoms with E-state index in [0.717, 1.165) is 16.9 Å². The average molecular weight is 264 g/mol. The summed E-state index contributed by atoms with van der Waals surface area (Å²) in [7, 11) is 1.66. The number of methoxy groups -OCH3 is 1. The Morgan fingerprint density at radius 2 is 2.00 bits per heavy atom. The second kappa shape index (κ2) is 6.09. The summed E-state index contributed by atoms with van der Waals surface area (Å²) in [5.74, 6) is -0.184. The lowest BCUT2D eigenvalue weighted by Crippen LogP contribution is -2.17. The molecule has 0 aromatic heterocycles. The molecule has 0 heterocycles. The average Bonchev–Trinajstić information content (AvgIpc) is 2.34. The summed E-state index contributed by atoms with van der Waals surface area (Å²) in [4.78, 5) is 11.1. The highest BCUT2D eigenvalue weighted by Crippen LogP contribution is 2.32. The first kappa shape index (κ1) is 15.5. The highest BCUT2D eigenvalue weighted by atomic mass is 16.5. The lowest BCUT2D eigenvalue weighted by Gasteiger charge is -2.23. The predicted octanol–water partition coefficient (Wildman–Crippen LogP) is 3.65. The summed E-state index contributed by atoms with van der Waals surface area (Å²) in [5, 5.41) is 9.14. The summed E-state index contributed by atoms with van der Waals surface area (Å²) in [5.41, 5.74) is 2.15. The molecule has 0 amide bonds. The zero-order chi connectivity index (χ0) is 14.6. The van der Waals surface area contributed by atoms with Crippen LogP contribution in [0.25, 0.3) is 0 Å². The van der Waals surface area contributed by atoms with Crippen molar-refractivity contribution in [2.24, 2.45) is 5.92 Å². The van der Waals surface area contributed by atoms with E-state index in [0.29, 0.717) is 12.8 Å². The van der Waals surface area contributed by atoms with Gasteiger partial charge in [0.25, 0.3) is 0 Å². The highest BCUT2D eigenvalue weighted by molar-refractivity contribution is 5.70. The van der Waals surface area contributed by atoms with Crippen LogP contribution in [0.1, 0.15) is 45.2 Å². The van der Waals surface area contributed by atoms with E-state index in [-0.39, 0.29) is 11.3 Å². The van der Waals surface area contributed by atoms with E-state index in [1.165, 1.54) is 0 Å². The number of carboxylic acids is 1. The molecule has 0 bridgehead atoms. The van der Waals surface area contributed by atoms with Gasteiger partial charge in [0, 0.05) is 0 Å². The van der Waals surface area contributed by atoms with E-state index in [9.17, 15) is 4.79 Å². The number of aliphatic carboxylic acids is 1. The van der Waals surface area contributed by atoms with E-state index in [1.54, 1.807) is 7.11 Å². The Balaban J connectivity index is 3.08. The molecular weight excluding hydrogens is 240 g/mol. The van der Waals surface area contributed by atoms with Crippen LogP contribution in [0.4, 0.5) is 0 Å². The number of carbonyl (C=O) groups is 1. The normalized spacial score (nSPS) is 13.1. The second-order valence-corrected chi connectivity index (χ2v) is 5.93. The number of benzene rings is 1. The number of hydrogen-bond donors (Lipinski definition) is 1. The Morgan fingerprint density at radius 1 is 1.37 bits per heavy atom. The molecular formula is C16H24O3. The molecule has 3 heteroatoms. The lowest BCUT2D eigenvalue weighted by molar-refractivity contribution is -0.141. The van der Waals surface area contributed by atoms with Gasteiger partial charge in [0.05, 0.1) is 13.0 Å². The highest BCUT2D eigenvalue weighted by Gasteiger charge is 2.21. The van der Waals surface area contributed by atoms with Gasteiger partial charge >= 0.3 is 5.97 Å². The summed E-state index contributed by atoms with van der Waals surface area (Å²) in [6.07, 6.45) is 1.21. The summed E-state index contributed by atoms with van der Waals surface area (Å²) < 4.78 is 5.39. The summed E-state index contributed by atoms with van der Waals surface area (Å²) in [6.45, 7) is 8.29. The minimum absolute atomic E-state index is 0.0215. The van der Waals surface area contributed by atoms with E-state index in [2.05, 4.69) is 26.8 Å². The smallest absolute Gasteiger partial charge is 0.306 e. The fraction of sp³-hybridized carbons (Fsp3) is 0.562. The standard InChI is InChI=1S/C16H24O3/c1-6-12(15(17)18)9-11-7-8-14(19-5)13(10-11)16(2,3)4/h7-8,10,12H,6,9H2,1-5H3,(H,17,18). The van der Waals surface area contributed by atoms with Gasteiger partial charge in [-0.05, 0) is 35.4 Å². The van der Waals surface area contributed by atoms with Crippen LogP contribution < -0.4 is 4.74 Å². The zero-order valence-electron chi connectivity index (χ0n) is 12.5. The second-order valence-electron chi connectivity index (χ2n) is 5.93. The van der Waals surface area contributed by atoms with Crippen molar-refractivity contribution in [2.45, 2.75) is 46.0 Å². The van der Waals surface area contributed by atoms with E-state index in [4.69, 9.17) is 9.84 Å². The van der Waals surface area contributed by atoms with Crippen molar-refractivity contribution < 1.29 is 14.6 Å². The molecule has 0 spiro atoms. The van der Waals surface area contributed by atoms with Gasteiger partial charge in [-0.1, -0.05) is 39.8 Å². The van der Waals surface area contributed by atoms with Crippen molar-refractivity contribution in [3.8, 4) is 5.75 Å². The van der Waals surface area contributed by atoms with Gasteiger partial charge in [-0.3, -0.25) is 4.79 Å². The molecule has 0 saturated carbocycles. The van der Waals surface area contributed by atoms with Crippen LogP contribution in [0.15, 0.2) is 18.2 Å². The van der Waals surface area contributed by atoms with Crippen LogP contribution in [-0.4, -0.2) is 18.2 Å². The Bertz CT molecular complexity index is 444. The van der Waals surface area contributed by atoms with E-state index < -0.39 is 5.97 Å². The molecule has 0 aliphatic carbocycles. The van der Waals surface area contributed by atoms with Gasteiger partial charge in [-0.15, -0.1) is 0 Å². The van der Waals surface area contributed by atoms with Crippen molar-refractivity contribution in [2.75, 3.05) is 7.11 Å². The Kier molecular flexibility index (Phi) is 4.98. The number of carboxylic acid groups (broad SMARTS) is 1. The molecule has 0 saturated heterocycles. The van der Waals surface area contributed by atoms with Crippen LogP contribution in [0, 0.1) is 5.92 Å². The van der Waals surface area contributed by atoms with Crippen LogP contribution in [-0.2, 0) is 16.6 Å². The first-order valence-electron chi connectivity index (χ1n) is 6.69. The molecule has 0 radical (unpaired) electrons. The van der Waals surface area contributed by atoms with Crippen molar-refractivity contribution in [3.05, 3.63) is 29.3 Å². The van der Waals surface area contributed by atoms with Crippen molar-refractivity contribution >= 4 is 5.97 Å². The Hall–Kier alpha value is -1.51. The molecule has 19 heavy (non-hydrogen) atoms. The molecule has 0 aliphatic heterocycles. The fourth-order valence-corrected chi connectivity index (χ4v) is 2.16. The molecule has 1 unspecified atom stereocenters. The molecule has 1 aromatic carbocycles. The maximum Gasteiger partial charge on any atom is 0.306 e. The quantitative estimate of drug-likeness (QED) is 0.883. The number of rotatable bonds is 5. The molecule has 1 atom stereocenters. The largest absolute Gasteiger partial charge is 0.496 e. The third kappa shape index (κ3) is 3.98. The number of hydrogen-bond acceptors (Lipinski definition) is 2.